The molecule has 1 amide bonds. The minimum absolute atomic E-state index is 0.0239. The number of amides is 1. The number of aromatic nitrogens is 4. The Bertz CT molecular complexity index is 3290. The van der Waals surface area contributed by atoms with Gasteiger partial charge in [0.1, 0.15) is 13.2 Å². The number of allylic oxidation sites excluding steroid dienone is 3. The molecule has 6 aliphatic rings. The molecule has 79 heavy (non-hydrogen) atoms. The van der Waals surface area contributed by atoms with Crippen molar-refractivity contribution in [3.05, 3.63) is 166 Å². The van der Waals surface area contributed by atoms with Crippen molar-refractivity contribution in [2.45, 2.75) is 122 Å². The summed E-state index contributed by atoms with van der Waals surface area (Å²) in [6, 6.07) is 27.7. The van der Waals surface area contributed by atoms with E-state index in [-0.39, 0.29) is 18.1 Å². The van der Waals surface area contributed by atoms with Crippen LogP contribution >= 0.6 is 11.6 Å². The number of ether oxygens (including phenoxy) is 4. The number of halogens is 1. The molecule has 2 saturated heterocycles. The normalized spacial score (nSPS) is 21.1. The molecule has 2 aromatic heterocycles. The van der Waals surface area contributed by atoms with Gasteiger partial charge in [-0.25, -0.2) is 0 Å². The first kappa shape index (κ1) is 55.7. The van der Waals surface area contributed by atoms with Crippen molar-refractivity contribution in [3.8, 4) is 12.0 Å². The van der Waals surface area contributed by atoms with Gasteiger partial charge in [0.25, 0.3) is 0 Å². The molecule has 0 saturated carbocycles. The Balaban J connectivity index is 0.000000165. The standard InChI is InChI=1S/C32H36N4O3.C30H35N3O2.C3H3ClO/c1-4-29(37)36-16-13-23(14-17-36)31-26-20-38-28(25-12-6-10-22-9-5-8-21(2)30(22)25)18-27(26)33-32(34-31)39-19-24-11-7-15-35(24)3;1-20-9-6-12-21-13-7-15-24(28(20)21)27-17-26-25(19-34-27)29(22-10-4-3-5-11-22)32-30(31-26)35-18-23-14-8-16-33(23)2;1-2-3(4)5/h4-6,8-10,12-13,24,28H,1,7,11,14-20H2,2-3H3;6-7,9-10,12-13,15,23,27H,3-5,8,11,14,16-19H2,1-2H3;2H,1H2/t24-,28?;23-,27?;/m00./s1. The summed E-state index contributed by atoms with van der Waals surface area (Å²) in [5.41, 5.74) is 13.6. The van der Waals surface area contributed by atoms with Crippen molar-refractivity contribution in [2.24, 2.45) is 0 Å². The zero-order chi connectivity index (χ0) is 55.0. The molecule has 0 spiro atoms. The van der Waals surface area contributed by atoms with E-state index in [1.165, 1.54) is 87.6 Å². The highest BCUT2D eigenvalue weighted by molar-refractivity contribution is 6.66. The van der Waals surface area contributed by atoms with Gasteiger partial charge in [0.2, 0.25) is 11.1 Å². The highest BCUT2D eigenvalue weighted by Crippen LogP contribution is 2.41. The average molecular weight is 1080 g/mol. The molecule has 1 aliphatic carbocycles. The van der Waals surface area contributed by atoms with Gasteiger partial charge in [0, 0.05) is 49.1 Å². The van der Waals surface area contributed by atoms with E-state index in [2.05, 4.69) is 136 Å². The molecule has 0 radical (unpaired) electrons. The lowest BCUT2D eigenvalue weighted by atomic mass is 9.90. The summed E-state index contributed by atoms with van der Waals surface area (Å²) >= 11 is 4.71. The van der Waals surface area contributed by atoms with Gasteiger partial charge in [-0.15, -0.1) is 0 Å². The number of hydrogen-bond donors (Lipinski definition) is 0. The third-order valence-electron chi connectivity index (χ3n) is 16.7. The Morgan fingerprint density at radius 3 is 1.56 bits per heavy atom. The molecular formula is C65H74ClN7O6. The molecule has 14 heteroatoms. The van der Waals surface area contributed by atoms with Crippen LogP contribution in [0.15, 0.2) is 110 Å². The third kappa shape index (κ3) is 12.9. The monoisotopic (exact) mass is 1080 g/mol. The predicted octanol–water partition coefficient (Wildman–Crippen LogP) is 12.1. The van der Waals surface area contributed by atoms with E-state index < -0.39 is 5.24 Å². The molecule has 4 aromatic carbocycles. The largest absolute Gasteiger partial charge is 0.462 e. The van der Waals surface area contributed by atoms with Gasteiger partial charge in [0.15, 0.2) is 0 Å². The lowest BCUT2D eigenvalue weighted by molar-refractivity contribution is -0.125. The van der Waals surface area contributed by atoms with E-state index in [1.54, 1.807) is 4.90 Å². The number of benzene rings is 4. The van der Waals surface area contributed by atoms with Crippen LogP contribution in [0.2, 0.25) is 0 Å². The van der Waals surface area contributed by atoms with Gasteiger partial charge in [0.05, 0.1) is 48.2 Å². The fourth-order valence-corrected chi connectivity index (χ4v) is 12.2. The Kier molecular flexibility index (Phi) is 18.1. The van der Waals surface area contributed by atoms with E-state index in [1.807, 2.05) is 0 Å². The first-order valence-electron chi connectivity index (χ1n) is 28.2. The van der Waals surface area contributed by atoms with Gasteiger partial charge in [-0.2, -0.15) is 19.9 Å². The van der Waals surface area contributed by atoms with Crippen molar-refractivity contribution in [2.75, 3.05) is 53.5 Å². The van der Waals surface area contributed by atoms with E-state index in [9.17, 15) is 9.59 Å². The molecule has 4 atom stereocenters. The van der Waals surface area contributed by atoms with Gasteiger partial charge in [-0.1, -0.05) is 98.1 Å². The maximum absolute atomic E-state index is 12.1. The number of fused-ring (bicyclic) bond motifs is 4. The highest BCUT2D eigenvalue weighted by atomic mass is 35.5. The Labute approximate surface area is 470 Å². The van der Waals surface area contributed by atoms with Crippen LogP contribution in [0.5, 0.6) is 12.0 Å². The number of nitrogens with zero attached hydrogens (tertiary/aromatic N) is 7. The van der Waals surface area contributed by atoms with E-state index in [4.69, 9.17) is 50.5 Å². The molecule has 412 valence electrons. The first-order chi connectivity index (χ1) is 38.5. The zero-order valence-corrected chi connectivity index (χ0v) is 47.1. The number of carbonyl (C=O) groups excluding carboxylic acids is 2. The van der Waals surface area contributed by atoms with Crippen LogP contribution in [0, 0.1) is 13.8 Å². The van der Waals surface area contributed by atoms with Crippen molar-refractivity contribution < 1.29 is 28.5 Å². The van der Waals surface area contributed by atoms with Gasteiger partial charge < -0.3 is 33.6 Å². The first-order valence-corrected chi connectivity index (χ1v) is 28.6. The van der Waals surface area contributed by atoms with Crippen molar-refractivity contribution in [1.82, 2.24) is 34.6 Å². The summed E-state index contributed by atoms with van der Waals surface area (Å²) in [5, 5.41) is 4.53. The van der Waals surface area contributed by atoms with E-state index in [0.29, 0.717) is 70.0 Å². The average Bonchev–Trinajstić information content (AvgIpc) is 4.18. The minimum Gasteiger partial charge on any atom is -0.462 e. The number of hydrogen-bond acceptors (Lipinski definition) is 12. The van der Waals surface area contributed by atoms with Crippen LogP contribution in [0.25, 0.3) is 32.7 Å². The molecule has 2 fully saturated rings. The molecule has 5 aliphatic heterocycles. The number of aryl methyl sites for hydroxylation is 2. The zero-order valence-electron chi connectivity index (χ0n) is 46.4. The van der Waals surface area contributed by atoms with Gasteiger partial charge in [-0.05, 0) is 178 Å². The van der Waals surface area contributed by atoms with Crippen molar-refractivity contribution in [1.29, 1.82) is 0 Å². The lowest BCUT2D eigenvalue weighted by Gasteiger charge is -2.30. The maximum Gasteiger partial charge on any atom is 0.317 e. The molecule has 6 aromatic rings. The molecule has 12 rings (SSSR count). The molecular weight excluding hydrogens is 1010 g/mol. The van der Waals surface area contributed by atoms with Crippen LogP contribution in [0.4, 0.5) is 0 Å². The van der Waals surface area contributed by atoms with Crippen LogP contribution in [-0.4, -0.2) is 111 Å². The van der Waals surface area contributed by atoms with Gasteiger partial charge in [-0.3, -0.25) is 9.59 Å². The topological polar surface area (TPSA) is 132 Å². The predicted molar refractivity (Wildman–Crippen MR) is 313 cm³/mol. The second-order valence-corrected chi connectivity index (χ2v) is 22.1. The molecule has 2 unspecified atom stereocenters. The smallest absolute Gasteiger partial charge is 0.317 e. The molecule has 0 N–H and O–H groups in total. The minimum atomic E-state index is -0.509. The molecule has 0 bridgehead atoms. The number of carbonyl (C=O) groups is 2. The second kappa shape index (κ2) is 25.7. The lowest BCUT2D eigenvalue weighted by Crippen LogP contribution is -2.33. The Morgan fingerprint density at radius 2 is 1.14 bits per heavy atom. The highest BCUT2D eigenvalue weighted by Gasteiger charge is 2.32. The molecule has 13 nitrogen and oxygen atoms in total. The SMILES string of the molecule is C=CC(=O)Cl.C=CC(=O)N1CC=C(c2nc(OC[C@@H]3CCCN3C)nc3c2COC(c2cccc4cccc(C)c24)C3)CC1.Cc1cccc2cccc(C3Cc4nc(OC[C@@H]5CCCN5C)nc(C5=CCCCC5)c4CO3)c12. The van der Waals surface area contributed by atoms with E-state index >= 15 is 0 Å². The molecule has 7 heterocycles. The number of rotatable bonds is 12. The fourth-order valence-electron chi connectivity index (χ4n) is 12.2. The van der Waals surface area contributed by atoms with Crippen molar-refractivity contribution >= 4 is 55.4 Å². The van der Waals surface area contributed by atoms with Gasteiger partial charge >= 0.3 is 12.0 Å². The summed E-state index contributed by atoms with van der Waals surface area (Å²) in [4.78, 5) is 47.9. The quantitative estimate of drug-likeness (QED) is 0.0853. The van der Waals surface area contributed by atoms with Crippen LogP contribution in [0.1, 0.15) is 126 Å². The summed E-state index contributed by atoms with van der Waals surface area (Å²) in [6.45, 7) is 16.7. The fraction of sp³-hybridized carbons (Fsp3) is 0.415. The Morgan fingerprint density at radius 1 is 0.646 bits per heavy atom. The number of likely N-dealkylation sites (N-methyl/N-ethyl adjacent to an activating group) is 2. The van der Waals surface area contributed by atoms with Crippen LogP contribution < -0.4 is 9.47 Å². The summed E-state index contributed by atoms with van der Waals surface area (Å²) in [7, 11) is 4.33. The summed E-state index contributed by atoms with van der Waals surface area (Å²) < 4.78 is 25.6. The summed E-state index contributed by atoms with van der Waals surface area (Å²) in [5.74, 6) is -0.0451. The number of likely N-dealkylation sites (tertiary alicyclic amines) is 2. The maximum atomic E-state index is 12.1. The third-order valence-corrected chi connectivity index (χ3v) is 16.8. The summed E-state index contributed by atoms with van der Waals surface area (Å²) in [6.07, 6.45) is 18.3. The van der Waals surface area contributed by atoms with Crippen LogP contribution in [-0.2, 0) is 45.1 Å². The van der Waals surface area contributed by atoms with Crippen LogP contribution in [0.3, 0.4) is 0 Å². The second-order valence-electron chi connectivity index (χ2n) is 21.7. The van der Waals surface area contributed by atoms with E-state index in [0.717, 1.165) is 90.7 Å². The van der Waals surface area contributed by atoms with Crippen molar-refractivity contribution in [3.63, 3.8) is 0 Å². The Hall–Kier alpha value is -6.61.